The molecule has 1 saturated heterocycles. The normalized spacial score (nSPS) is 16.8. The number of carbonyl (C=O) groups is 1. The Kier molecular flexibility index (Phi) is 4.96. The van der Waals surface area contributed by atoms with E-state index in [2.05, 4.69) is 17.3 Å². The first kappa shape index (κ1) is 14.1. The number of aryl methyl sites for hydroxylation is 1. The molecule has 0 bridgehead atoms. The fourth-order valence-electron chi connectivity index (χ4n) is 2.52. The molecule has 1 aromatic heterocycles. The van der Waals surface area contributed by atoms with Crippen molar-refractivity contribution in [2.75, 3.05) is 26.2 Å². The zero-order valence-electron chi connectivity index (χ0n) is 11.9. The Balaban J connectivity index is 1.85. The molecule has 0 unspecified atom stereocenters. The van der Waals surface area contributed by atoms with E-state index >= 15 is 0 Å². The number of aromatic nitrogens is 2. The number of carbonyl (C=O) groups excluding carboxylic acids is 1. The highest BCUT2D eigenvalue weighted by Crippen LogP contribution is 2.18. The van der Waals surface area contributed by atoms with E-state index in [9.17, 15) is 4.79 Å². The highest BCUT2D eigenvalue weighted by atomic mass is 16.2. The van der Waals surface area contributed by atoms with Crippen molar-refractivity contribution in [1.82, 2.24) is 20.0 Å². The molecular formula is C14H24N4O. The second-order valence-corrected chi connectivity index (χ2v) is 5.13. The van der Waals surface area contributed by atoms with E-state index in [4.69, 9.17) is 0 Å². The van der Waals surface area contributed by atoms with Crippen molar-refractivity contribution in [3.63, 3.8) is 0 Å². The van der Waals surface area contributed by atoms with Gasteiger partial charge in [-0.05, 0) is 38.8 Å². The van der Waals surface area contributed by atoms with Gasteiger partial charge in [-0.15, -0.1) is 0 Å². The van der Waals surface area contributed by atoms with Crippen molar-refractivity contribution in [3.05, 3.63) is 18.0 Å². The summed E-state index contributed by atoms with van der Waals surface area (Å²) in [5.41, 5.74) is 0.715. The van der Waals surface area contributed by atoms with Crippen LogP contribution < -0.4 is 5.32 Å². The summed E-state index contributed by atoms with van der Waals surface area (Å²) in [6, 6.07) is 0. The highest BCUT2D eigenvalue weighted by Gasteiger charge is 2.23. The lowest BCUT2D eigenvalue weighted by Gasteiger charge is -2.31. The van der Waals surface area contributed by atoms with Crippen molar-refractivity contribution < 1.29 is 4.79 Å². The molecule has 5 heteroatoms. The summed E-state index contributed by atoms with van der Waals surface area (Å²) in [6.07, 6.45) is 5.71. The minimum Gasteiger partial charge on any atom is -0.339 e. The minimum atomic E-state index is 0.126. The highest BCUT2D eigenvalue weighted by molar-refractivity contribution is 5.93. The molecule has 2 rings (SSSR count). The van der Waals surface area contributed by atoms with Gasteiger partial charge in [0, 0.05) is 25.8 Å². The van der Waals surface area contributed by atoms with Crippen molar-refractivity contribution in [2.24, 2.45) is 5.92 Å². The molecule has 0 spiro atoms. The van der Waals surface area contributed by atoms with E-state index in [1.54, 1.807) is 10.9 Å². The first-order valence-electron chi connectivity index (χ1n) is 7.27. The van der Waals surface area contributed by atoms with Crippen LogP contribution in [0.2, 0.25) is 0 Å². The van der Waals surface area contributed by atoms with Crippen LogP contribution in [-0.4, -0.2) is 46.8 Å². The lowest BCUT2D eigenvalue weighted by molar-refractivity contribution is 0.0690. The third-order valence-corrected chi connectivity index (χ3v) is 3.79. The Hall–Kier alpha value is -1.36. The molecule has 0 aromatic carbocycles. The Bertz CT molecular complexity index is 407. The van der Waals surface area contributed by atoms with Crippen LogP contribution in [0.25, 0.3) is 0 Å². The average Bonchev–Trinajstić information content (AvgIpc) is 2.94. The minimum absolute atomic E-state index is 0.126. The summed E-state index contributed by atoms with van der Waals surface area (Å²) in [5.74, 6) is 0.837. The summed E-state index contributed by atoms with van der Waals surface area (Å²) in [7, 11) is 0. The maximum absolute atomic E-state index is 12.3. The maximum Gasteiger partial charge on any atom is 0.257 e. The van der Waals surface area contributed by atoms with E-state index in [1.807, 2.05) is 18.0 Å². The number of piperidine rings is 1. The van der Waals surface area contributed by atoms with Crippen LogP contribution in [0.1, 0.15) is 37.0 Å². The lowest BCUT2D eigenvalue weighted by atomic mass is 9.96. The van der Waals surface area contributed by atoms with Crippen LogP contribution in [0.4, 0.5) is 0 Å². The van der Waals surface area contributed by atoms with Gasteiger partial charge in [0.05, 0.1) is 11.8 Å². The first-order chi connectivity index (χ1) is 9.24. The monoisotopic (exact) mass is 264 g/mol. The molecule has 19 heavy (non-hydrogen) atoms. The van der Waals surface area contributed by atoms with Gasteiger partial charge in [0.2, 0.25) is 0 Å². The second kappa shape index (κ2) is 6.70. The van der Waals surface area contributed by atoms with Crippen molar-refractivity contribution >= 4 is 5.91 Å². The Morgan fingerprint density at radius 1 is 1.42 bits per heavy atom. The summed E-state index contributed by atoms with van der Waals surface area (Å²) in [5, 5.41) is 7.55. The zero-order valence-corrected chi connectivity index (χ0v) is 11.9. The number of hydrogen-bond donors (Lipinski definition) is 1. The molecule has 1 amide bonds. The molecule has 106 valence electrons. The van der Waals surface area contributed by atoms with Crippen LogP contribution in [0.15, 0.2) is 12.4 Å². The molecule has 0 saturated carbocycles. The van der Waals surface area contributed by atoms with E-state index < -0.39 is 0 Å². The van der Waals surface area contributed by atoms with Gasteiger partial charge in [-0.1, -0.05) is 6.92 Å². The van der Waals surface area contributed by atoms with E-state index in [0.29, 0.717) is 11.5 Å². The molecule has 0 radical (unpaired) electrons. The second-order valence-electron chi connectivity index (χ2n) is 5.13. The average molecular weight is 264 g/mol. The van der Waals surface area contributed by atoms with Crippen molar-refractivity contribution in [3.8, 4) is 0 Å². The van der Waals surface area contributed by atoms with Crippen LogP contribution in [0.5, 0.6) is 0 Å². The Morgan fingerprint density at radius 2 is 2.16 bits per heavy atom. The summed E-state index contributed by atoms with van der Waals surface area (Å²) < 4.78 is 1.80. The molecule has 1 N–H and O–H groups in total. The zero-order chi connectivity index (χ0) is 13.7. The molecule has 1 aromatic rings. The van der Waals surface area contributed by atoms with Crippen LogP contribution >= 0.6 is 0 Å². The Morgan fingerprint density at radius 3 is 2.74 bits per heavy atom. The molecule has 0 aliphatic carbocycles. The molecule has 1 aliphatic heterocycles. The third kappa shape index (κ3) is 3.56. The topological polar surface area (TPSA) is 50.2 Å². The standard InChI is InChI=1S/C14H24N4O/c1-3-15-9-12-5-7-17(8-6-12)14(19)13-10-16-18(4-2)11-13/h10-12,15H,3-9H2,1-2H3. The van der Waals surface area contributed by atoms with Gasteiger partial charge >= 0.3 is 0 Å². The predicted molar refractivity (Wildman–Crippen MR) is 75.1 cm³/mol. The number of nitrogens with zero attached hydrogens (tertiary/aromatic N) is 3. The fraction of sp³-hybridized carbons (Fsp3) is 0.714. The molecular weight excluding hydrogens is 240 g/mol. The summed E-state index contributed by atoms with van der Waals surface area (Å²) >= 11 is 0. The molecule has 0 atom stereocenters. The van der Waals surface area contributed by atoms with Gasteiger partial charge in [-0.25, -0.2) is 0 Å². The van der Waals surface area contributed by atoms with Gasteiger partial charge in [0.25, 0.3) is 5.91 Å². The SMILES string of the molecule is CCNCC1CCN(C(=O)c2cnn(CC)c2)CC1. The molecule has 1 fully saturated rings. The smallest absolute Gasteiger partial charge is 0.257 e. The fourth-order valence-corrected chi connectivity index (χ4v) is 2.52. The summed E-state index contributed by atoms with van der Waals surface area (Å²) in [6.45, 7) is 8.79. The number of amides is 1. The van der Waals surface area contributed by atoms with Gasteiger partial charge in [0.1, 0.15) is 0 Å². The predicted octanol–water partition coefficient (Wildman–Crippen LogP) is 1.36. The van der Waals surface area contributed by atoms with E-state index in [1.165, 1.54) is 0 Å². The van der Waals surface area contributed by atoms with Gasteiger partial charge in [-0.2, -0.15) is 5.10 Å². The number of rotatable bonds is 5. The first-order valence-corrected chi connectivity index (χ1v) is 7.27. The van der Waals surface area contributed by atoms with Crippen molar-refractivity contribution in [2.45, 2.75) is 33.2 Å². The molecule has 1 aliphatic rings. The number of hydrogen-bond acceptors (Lipinski definition) is 3. The van der Waals surface area contributed by atoms with Crippen molar-refractivity contribution in [1.29, 1.82) is 0 Å². The largest absolute Gasteiger partial charge is 0.339 e. The molecule has 5 nitrogen and oxygen atoms in total. The van der Waals surface area contributed by atoms with E-state index in [0.717, 1.165) is 45.6 Å². The number of nitrogens with one attached hydrogen (secondary N) is 1. The van der Waals surface area contributed by atoms with Gasteiger partial charge in [0.15, 0.2) is 0 Å². The summed E-state index contributed by atoms with van der Waals surface area (Å²) in [4.78, 5) is 14.3. The lowest BCUT2D eigenvalue weighted by Crippen LogP contribution is -2.40. The molecule has 2 heterocycles. The Labute approximate surface area is 115 Å². The van der Waals surface area contributed by atoms with Crippen LogP contribution in [0.3, 0.4) is 0 Å². The maximum atomic E-state index is 12.3. The number of likely N-dealkylation sites (tertiary alicyclic amines) is 1. The van der Waals surface area contributed by atoms with Gasteiger partial charge < -0.3 is 10.2 Å². The quantitative estimate of drug-likeness (QED) is 0.873. The van der Waals surface area contributed by atoms with Crippen LogP contribution in [-0.2, 0) is 6.54 Å². The van der Waals surface area contributed by atoms with E-state index in [-0.39, 0.29) is 5.91 Å². The van der Waals surface area contributed by atoms with Crippen LogP contribution in [0, 0.1) is 5.92 Å². The van der Waals surface area contributed by atoms with Gasteiger partial charge in [-0.3, -0.25) is 9.48 Å². The third-order valence-electron chi connectivity index (χ3n) is 3.79.